The summed E-state index contributed by atoms with van der Waals surface area (Å²) in [5.74, 6) is -0.613. The zero-order valence-corrected chi connectivity index (χ0v) is 13.7. The lowest BCUT2D eigenvalue weighted by Gasteiger charge is -2.14. The van der Waals surface area contributed by atoms with Gasteiger partial charge in [-0.3, -0.25) is 4.79 Å². The van der Waals surface area contributed by atoms with Gasteiger partial charge in [-0.1, -0.05) is 18.2 Å². The van der Waals surface area contributed by atoms with Gasteiger partial charge in [-0.05, 0) is 18.9 Å². The minimum Gasteiger partial charge on any atom is -0.405 e. The third-order valence-corrected chi connectivity index (χ3v) is 3.36. The van der Waals surface area contributed by atoms with Gasteiger partial charge in [0.2, 0.25) is 5.91 Å². The van der Waals surface area contributed by atoms with E-state index in [2.05, 4.69) is 15.4 Å². The second kappa shape index (κ2) is 9.71. The summed E-state index contributed by atoms with van der Waals surface area (Å²) in [7, 11) is 0. The van der Waals surface area contributed by atoms with E-state index in [0.717, 1.165) is 19.4 Å². The quantitative estimate of drug-likeness (QED) is 0.776. The Morgan fingerprint density at radius 3 is 2.75 bits per heavy atom. The summed E-state index contributed by atoms with van der Waals surface area (Å²) in [5.41, 5.74) is 0.261. The molecular formula is C15H20ClF3N2O3. The number of amides is 1. The smallest absolute Gasteiger partial charge is 0.405 e. The highest BCUT2D eigenvalue weighted by atomic mass is 35.5. The van der Waals surface area contributed by atoms with Gasteiger partial charge in [-0.2, -0.15) is 0 Å². The number of hydrogen-bond donors (Lipinski definition) is 2. The Kier molecular flexibility index (Phi) is 8.30. The third kappa shape index (κ3) is 7.37. The van der Waals surface area contributed by atoms with Crippen molar-refractivity contribution in [2.24, 2.45) is 0 Å². The van der Waals surface area contributed by atoms with E-state index >= 15 is 0 Å². The van der Waals surface area contributed by atoms with E-state index in [0.29, 0.717) is 6.54 Å². The van der Waals surface area contributed by atoms with E-state index in [4.69, 9.17) is 4.74 Å². The van der Waals surface area contributed by atoms with Crippen molar-refractivity contribution < 1.29 is 27.4 Å². The number of carbonyl (C=O) groups excluding carboxylic acids is 1. The Morgan fingerprint density at radius 1 is 1.33 bits per heavy atom. The molecule has 1 aromatic rings. The fourth-order valence-electron chi connectivity index (χ4n) is 2.28. The molecule has 1 atom stereocenters. The van der Waals surface area contributed by atoms with Gasteiger partial charge in [0.25, 0.3) is 0 Å². The van der Waals surface area contributed by atoms with E-state index in [1.54, 1.807) is 6.07 Å². The van der Waals surface area contributed by atoms with Crippen LogP contribution in [0.3, 0.4) is 0 Å². The summed E-state index contributed by atoms with van der Waals surface area (Å²) in [6.45, 7) is 1.38. The molecule has 1 aromatic carbocycles. The summed E-state index contributed by atoms with van der Waals surface area (Å²) in [4.78, 5) is 11.7. The number of nitrogens with one attached hydrogen (secondary N) is 2. The molecule has 1 aliphatic heterocycles. The molecule has 9 heteroatoms. The molecule has 1 heterocycles. The average Bonchev–Trinajstić information content (AvgIpc) is 2.98. The maximum absolute atomic E-state index is 12.3. The van der Waals surface area contributed by atoms with Crippen LogP contribution >= 0.6 is 12.4 Å². The lowest BCUT2D eigenvalue weighted by atomic mass is 10.2. The second-order valence-electron chi connectivity index (χ2n) is 5.20. The van der Waals surface area contributed by atoms with E-state index in [1.165, 1.54) is 18.2 Å². The molecule has 1 saturated heterocycles. The predicted octanol–water partition coefficient (Wildman–Crippen LogP) is 2.39. The topological polar surface area (TPSA) is 59.6 Å². The molecule has 0 aliphatic carbocycles. The molecule has 5 nitrogen and oxygen atoms in total. The van der Waals surface area contributed by atoms with Gasteiger partial charge in [0.05, 0.1) is 12.6 Å². The van der Waals surface area contributed by atoms with Crippen LogP contribution < -0.4 is 15.4 Å². The molecule has 0 aromatic heterocycles. The van der Waals surface area contributed by atoms with Crippen molar-refractivity contribution in [1.29, 1.82) is 0 Å². The predicted molar refractivity (Wildman–Crippen MR) is 84.1 cm³/mol. The fourth-order valence-corrected chi connectivity index (χ4v) is 2.28. The van der Waals surface area contributed by atoms with Gasteiger partial charge in [0, 0.05) is 25.3 Å². The number of hydrogen-bond acceptors (Lipinski definition) is 4. The molecule has 1 aliphatic rings. The van der Waals surface area contributed by atoms with Crippen LogP contribution in [0.4, 0.5) is 13.2 Å². The molecule has 1 unspecified atom stereocenters. The highest BCUT2D eigenvalue weighted by Crippen LogP contribution is 2.25. The molecule has 0 bridgehead atoms. The first kappa shape index (κ1) is 20.5. The fraction of sp³-hybridized carbons (Fsp3) is 0.533. The Morgan fingerprint density at radius 2 is 2.08 bits per heavy atom. The van der Waals surface area contributed by atoms with Crippen LogP contribution in [0, 0.1) is 0 Å². The number of halogens is 4. The zero-order chi connectivity index (χ0) is 16.7. The Labute approximate surface area is 144 Å². The first-order valence-corrected chi connectivity index (χ1v) is 7.37. The molecule has 24 heavy (non-hydrogen) atoms. The molecule has 2 rings (SSSR count). The Balaban J connectivity index is 0.00000288. The van der Waals surface area contributed by atoms with E-state index in [-0.39, 0.29) is 48.8 Å². The highest BCUT2D eigenvalue weighted by Gasteiger charge is 2.31. The van der Waals surface area contributed by atoms with E-state index < -0.39 is 6.36 Å². The molecular weight excluding hydrogens is 349 g/mol. The van der Waals surface area contributed by atoms with Gasteiger partial charge in [0.1, 0.15) is 5.75 Å². The largest absolute Gasteiger partial charge is 0.573 e. The van der Waals surface area contributed by atoms with Gasteiger partial charge in [-0.25, -0.2) is 0 Å². The first-order chi connectivity index (χ1) is 10.9. The molecule has 2 N–H and O–H groups in total. The summed E-state index contributed by atoms with van der Waals surface area (Å²) in [5, 5.41) is 5.53. The minimum atomic E-state index is -4.76. The van der Waals surface area contributed by atoms with Crippen molar-refractivity contribution >= 4 is 18.3 Å². The lowest BCUT2D eigenvalue weighted by molar-refractivity contribution is -0.274. The van der Waals surface area contributed by atoms with Crippen LogP contribution in [0.2, 0.25) is 0 Å². The minimum absolute atomic E-state index is 0. The molecule has 0 saturated carbocycles. The van der Waals surface area contributed by atoms with Gasteiger partial charge in [0.15, 0.2) is 0 Å². The number of benzene rings is 1. The molecule has 136 valence electrons. The maximum Gasteiger partial charge on any atom is 0.573 e. The standard InChI is InChI=1S/C15H19F3N2O3.ClH/c16-15(17,18)23-13-6-2-1-4-11(13)8-20-14(21)10-19-9-12-5-3-7-22-12;/h1-2,4,6,12,19H,3,5,7-10H2,(H,20,21);1H. The second-order valence-corrected chi connectivity index (χ2v) is 5.20. The summed E-state index contributed by atoms with van der Waals surface area (Å²) in [6.07, 6.45) is -2.64. The van der Waals surface area contributed by atoms with E-state index in [9.17, 15) is 18.0 Å². The average molecular weight is 369 g/mol. The molecule has 0 radical (unpaired) electrons. The molecule has 1 fully saturated rings. The van der Waals surface area contributed by atoms with Crippen molar-refractivity contribution in [2.75, 3.05) is 19.7 Å². The van der Waals surface area contributed by atoms with Crippen LogP contribution in [0.25, 0.3) is 0 Å². The number of ether oxygens (including phenoxy) is 2. The van der Waals surface area contributed by atoms with Crippen LogP contribution in [-0.2, 0) is 16.1 Å². The number of para-hydroxylation sites is 1. The van der Waals surface area contributed by atoms with Crippen molar-refractivity contribution in [2.45, 2.75) is 31.9 Å². The molecule has 1 amide bonds. The Bertz CT molecular complexity index is 523. The first-order valence-electron chi connectivity index (χ1n) is 7.37. The van der Waals surface area contributed by atoms with Crippen LogP contribution in [0.5, 0.6) is 5.75 Å². The SMILES string of the molecule is Cl.O=C(CNCC1CCCO1)NCc1ccccc1OC(F)(F)F. The number of alkyl halides is 3. The summed E-state index contributed by atoms with van der Waals surface area (Å²) < 4.78 is 46.2. The maximum atomic E-state index is 12.3. The van der Waals surface area contributed by atoms with Crippen LogP contribution in [0.15, 0.2) is 24.3 Å². The summed E-state index contributed by atoms with van der Waals surface area (Å²) >= 11 is 0. The van der Waals surface area contributed by atoms with Crippen molar-refractivity contribution in [3.05, 3.63) is 29.8 Å². The van der Waals surface area contributed by atoms with Gasteiger partial charge < -0.3 is 20.1 Å². The van der Waals surface area contributed by atoms with Gasteiger partial charge >= 0.3 is 6.36 Å². The van der Waals surface area contributed by atoms with Crippen LogP contribution in [0.1, 0.15) is 18.4 Å². The zero-order valence-electron chi connectivity index (χ0n) is 12.9. The van der Waals surface area contributed by atoms with Crippen molar-refractivity contribution in [3.63, 3.8) is 0 Å². The Hall–Kier alpha value is -1.51. The normalized spacial score (nSPS) is 17.2. The number of rotatable bonds is 7. The van der Waals surface area contributed by atoms with Crippen molar-refractivity contribution in [1.82, 2.24) is 10.6 Å². The summed E-state index contributed by atoms with van der Waals surface area (Å²) in [6, 6.07) is 5.71. The van der Waals surface area contributed by atoms with Crippen molar-refractivity contribution in [3.8, 4) is 5.75 Å². The monoisotopic (exact) mass is 368 g/mol. The van der Waals surface area contributed by atoms with Crippen LogP contribution in [-0.4, -0.2) is 38.1 Å². The highest BCUT2D eigenvalue weighted by molar-refractivity contribution is 5.85. The molecule has 0 spiro atoms. The van der Waals surface area contributed by atoms with E-state index in [1.807, 2.05) is 0 Å². The lowest BCUT2D eigenvalue weighted by Crippen LogP contribution is -2.37. The number of carbonyl (C=O) groups is 1. The van der Waals surface area contributed by atoms with Gasteiger partial charge in [-0.15, -0.1) is 25.6 Å². The third-order valence-electron chi connectivity index (χ3n) is 3.36.